The van der Waals surface area contributed by atoms with Gasteiger partial charge in [0.2, 0.25) is 5.91 Å². The van der Waals surface area contributed by atoms with E-state index in [-0.39, 0.29) is 13.0 Å². The lowest BCUT2D eigenvalue weighted by Crippen LogP contribution is -2.49. The van der Waals surface area contributed by atoms with Crippen molar-refractivity contribution in [1.82, 2.24) is 14.7 Å². The number of likely N-dealkylation sites (tertiary alicyclic amines) is 1. The van der Waals surface area contributed by atoms with Gasteiger partial charge in [0.1, 0.15) is 11.6 Å². The van der Waals surface area contributed by atoms with Gasteiger partial charge in [-0.05, 0) is 39.3 Å². The van der Waals surface area contributed by atoms with Gasteiger partial charge in [-0.25, -0.2) is 9.59 Å². The van der Waals surface area contributed by atoms with Gasteiger partial charge in [-0.1, -0.05) is 6.07 Å². The van der Waals surface area contributed by atoms with E-state index in [4.69, 9.17) is 9.84 Å². The molecule has 0 saturated carbocycles. The van der Waals surface area contributed by atoms with Crippen LogP contribution in [0, 0.1) is 0 Å². The summed E-state index contributed by atoms with van der Waals surface area (Å²) in [5, 5.41) is 26.3. The highest BCUT2D eigenvalue weighted by Crippen LogP contribution is 2.26. The third-order valence-corrected chi connectivity index (χ3v) is 4.32. The summed E-state index contributed by atoms with van der Waals surface area (Å²) in [7, 11) is 0. The van der Waals surface area contributed by atoms with Crippen molar-refractivity contribution in [3.8, 4) is 0 Å². The highest BCUT2D eigenvalue weighted by Gasteiger charge is 2.42. The number of aliphatic hydroxyl groups excluding tert-OH is 1. The average molecular weight is 390 g/mol. The number of carboxylic acid groups (broad SMARTS) is 1. The lowest BCUT2D eigenvalue weighted by atomic mass is 10.1. The predicted octanol–water partition coefficient (Wildman–Crippen LogP) is 1.87. The molecule has 1 aromatic heterocycles. The molecule has 10 nitrogen and oxygen atoms in total. The number of hydrogen-bond donors (Lipinski definition) is 3. The third kappa shape index (κ3) is 3.77. The molecule has 1 aromatic carbocycles. The van der Waals surface area contributed by atoms with E-state index < -0.39 is 35.8 Å². The number of aliphatic hydroxyl groups is 1. The predicted molar refractivity (Wildman–Crippen MR) is 99.1 cm³/mol. The van der Waals surface area contributed by atoms with Crippen LogP contribution in [0.4, 0.5) is 15.3 Å². The maximum absolute atomic E-state index is 12.8. The third-order valence-electron chi connectivity index (χ3n) is 4.32. The molecule has 0 bridgehead atoms. The lowest BCUT2D eigenvalue weighted by molar-refractivity contribution is -0.122. The molecule has 1 saturated heterocycles. The summed E-state index contributed by atoms with van der Waals surface area (Å²) in [6.07, 6.45) is -1.38. The van der Waals surface area contributed by atoms with Gasteiger partial charge in [0.15, 0.2) is 0 Å². The number of nitrogens with one attached hydrogen (secondary N) is 1. The van der Waals surface area contributed by atoms with Crippen molar-refractivity contribution in [3.63, 3.8) is 0 Å². The van der Waals surface area contributed by atoms with E-state index >= 15 is 0 Å². The van der Waals surface area contributed by atoms with Crippen LogP contribution in [0.3, 0.4) is 0 Å². The molecule has 28 heavy (non-hydrogen) atoms. The molecule has 150 valence electrons. The Bertz CT molecular complexity index is 932. The Morgan fingerprint density at radius 2 is 2.00 bits per heavy atom. The number of nitrogens with zero attached hydrogens (tertiary/aromatic N) is 3. The standard InChI is InChI=1S/C18H22N4O6/c1-18(2,3)28-17(27)21-8-7-13(23)14(21)15(24)20-11-5-4-6-12-10(11)9-19-22(12)16(25)26/h4-6,9,13-14,23H,7-8H2,1-3H3,(H,20,24)(H,25,26)/t13-,14+/m0/s1. The van der Waals surface area contributed by atoms with E-state index in [0.29, 0.717) is 16.6 Å². The van der Waals surface area contributed by atoms with Crippen molar-refractivity contribution >= 4 is 34.7 Å². The van der Waals surface area contributed by atoms with E-state index in [9.17, 15) is 19.5 Å². The molecular formula is C18H22N4O6. The molecule has 1 fully saturated rings. The topological polar surface area (TPSA) is 134 Å². The summed E-state index contributed by atoms with van der Waals surface area (Å²) >= 11 is 0. The van der Waals surface area contributed by atoms with Crippen molar-refractivity contribution in [1.29, 1.82) is 0 Å². The lowest BCUT2D eigenvalue weighted by Gasteiger charge is -2.28. The first-order valence-corrected chi connectivity index (χ1v) is 8.77. The van der Waals surface area contributed by atoms with Crippen LogP contribution in [0.1, 0.15) is 27.2 Å². The Hall–Kier alpha value is -3.14. The Labute approximate surface area is 160 Å². The Balaban J connectivity index is 1.84. The van der Waals surface area contributed by atoms with Gasteiger partial charge >= 0.3 is 12.2 Å². The molecule has 1 aliphatic rings. The summed E-state index contributed by atoms with van der Waals surface area (Å²) in [5.74, 6) is -0.591. The normalized spacial score (nSPS) is 19.6. The second-order valence-corrected chi connectivity index (χ2v) is 7.54. The molecule has 2 atom stereocenters. The number of anilines is 1. The minimum absolute atomic E-state index is 0.190. The van der Waals surface area contributed by atoms with Crippen LogP contribution in [-0.4, -0.2) is 67.3 Å². The SMILES string of the molecule is CC(C)(C)OC(=O)N1CC[C@H](O)[C@@H]1C(=O)Nc1cccc2c1cnn2C(=O)O. The van der Waals surface area contributed by atoms with Crippen molar-refractivity contribution in [2.24, 2.45) is 0 Å². The van der Waals surface area contributed by atoms with Gasteiger partial charge in [-0.2, -0.15) is 9.78 Å². The van der Waals surface area contributed by atoms with Gasteiger partial charge in [-0.3, -0.25) is 9.69 Å². The zero-order chi connectivity index (χ0) is 20.6. The second kappa shape index (κ2) is 7.12. The minimum Gasteiger partial charge on any atom is -0.463 e. The molecule has 3 rings (SSSR count). The maximum Gasteiger partial charge on any atom is 0.432 e. The van der Waals surface area contributed by atoms with E-state index in [1.165, 1.54) is 11.1 Å². The van der Waals surface area contributed by atoms with Gasteiger partial charge in [-0.15, -0.1) is 0 Å². The number of benzene rings is 1. The first-order valence-electron chi connectivity index (χ1n) is 8.77. The zero-order valence-electron chi connectivity index (χ0n) is 15.7. The highest BCUT2D eigenvalue weighted by atomic mass is 16.6. The largest absolute Gasteiger partial charge is 0.463 e. The van der Waals surface area contributed by atoms with Crippen LogP contribution in [0.2, 0.25) is 0 Å². The first-order chi connectivity index (χ1) is 13.1. The van der Waals surface area contributed by atoms with Crippen LogP contribution in [0.25, 0.3) is 10.9 Å². The monoisotopic (exact) mass is 390 g/mol. The van der Waals surface area contributed by atoms with E-state index in [0.717, 1.165) is 4.68 Å². The van der Waals surface area contributed by atoms with Crippen molar-refractivity contribution < 1.29 is 29.3 Å². The van der Waals surface area contributed by atoms with Crippen LogP contribution in [0.15, 0.2) is 24.4 Å². The van der Waals surface area contributed by atoms with E-state index in [1.807, 2.05) is 0 Å². The van der Waals surface area contributed by atoms with E-state index in [2.05, 4.69) is 10.4 Å². The smallest absolute Gasteiger partial charge is 0.432 e. The molecule has 3 N–H and O–H groups in total. The molecule has 0 unspecified atom stereocenters. The fraction of sp³-hybridized carbons (Fsp3) is 0.444. The Kier molecular flexibility index (Phi) is 4.99. The molecule has 0 aliphatic carbocycles. The number of carbonyl (C=O) groups is 3. The average Bonchev–Trinajstić information content (AvgIpc) is 3.17. The van der Waals surface area contributed by atoms with Crippen molar-refractivity contribution in [2.75, 3.05) is 11.9 Å². The fourth-order valence-corrected chi connectivity index (χ4v) is 3.14. The van der Waals surface area contributed by atoms with Gasteiger partial charge in [0, 0.05) is 11.9 Å². The quantitative estimate of drug-likeness (QED) is 0.712. The minimum atomic E-state index is -1.25. The maximum atomic E-state index is 12.8. The molecule has 0 radical (unpaired) electrons. The van der Waals surface area contributed by atoms with Crippen LogP contribution in [-0.2, 0) is 9.53 Å². The molecule has 2 heterocycles. The second-order valence-electron chi connectivity index (χ2n) is 7.54. The van der Waals surface area contributed by atoms with Crippen molar-refractivity contribution in [3.05, 3.63) is 24.4 Å². The number of fused-ring (bicyclic) bond motifs is 1. The number of aromatic nitrogens is 2. The summed E-state index contributed by atoms with van der Waals surface area (Å²) < 4.78 is 6.11. The Morgan fingerprint density at radius 3 is 2.64 bits per heavy atom. The number of hydrogen-bond acceptors (Lipinski definition) is 6. The zero-order valence-corrected chi connectivity index (χ0v) is 15.7. The van der Waals surface area contributed by atoms with Crippen molar-refractivity contribution in [2.45, 2.75) is 44.9 Å². The number of rotatable bonds is 2. The molecule has 2 amide bonds. The Morgan fingerprint density at radius 1 is 1.29 bits per heavy atom. The van der Waals surface area contributed by atoms with Crippen LogP contribution < -0.4 is 5.32 Å². The molecule has 10 heteroatoms. The number of carbonyl (C=O) groups excluding carboxylic acids is 2. The van der Waals surface area contributed by atoms with E-state index in [1.54, 1.807) is 39.0 Å². The molecule has 0 spiro atoms. The molecule has 1 aliphatic heterocycles. The number of ether oxygens (including phenoxy) is 1. The van der Waals surface area contributed by atoms with Gasteiger partial charge < -0.3 is 20.3 Å². The number of amides is 2. The van der Waals surface area contributed by atoms with Gasteiger partial charge in [0.25, 0.3) is 0 Å². The van der Waals surface area contributed by atoms with Gasteiger partial charge in [0.05, 0.1) is 23.5 Å². The summed E-state index contributed by atoms with van der Waals surface area (Å²) in [6.45, 7) is 5.34. The molecule has 2 aromatic rings. The van der Waals surface area contributed by atoms with Crippen LogP contribution >= 0.6 is 0 Å². The summed E-state index contributed by atoms with van der Waals surface area (Å²) in [6, 6.07) is 3.62. The fourth-order valence-electron chi connectivity index (χ4n) is 3.14. The van der Waals surface area contributed by atoms with Crippen LogP contribution in [0.5, 0.6) is 0 Å². The first kappa shape index (κ1) is 19.6. The molecular weight excluding hydrogens is 368 g/mol. The highest BCUT2D eigenvalue weighted by molar-refractivity contribution is 6.05. The summed E-state index contributed by atoms with van der Waals surface area (Å²) in [5.41, 5.74) is -0.0950. The summed E-state index contributed by atoms with van der Waals surface area (Å²) in [4.78, 5) is 37.6.